The van der Waals surface area contributed by atoms with Crippen molar-refractivity contribution >= 4 is 34.1 Å². The summed E-state index contributed by atoms with van der Waals surface area (Å²) in [4.78, 5) is 14.1. The fraction of sp³-hybridized carbons (Fsp3) is 0.310. The molecule has 9 heteroatoms. The van der Waals surface area contributed by atoms with E-state index in [0.29, 0.717) is 6.04 Å². The second kappa shape index (κ2) is 23.0. The summed E-state index contributed by atoms with van der Waals surface area (Å²) in [6.45, 7) is 7.96. The third kappa shape index (κ3) is 12.5. The van der Waals surface area contributed by atoms with Crippen molar-refractivity contribution < 1.29 is 12.4 Å². The van der Waals surface area contributed by atoms with Crippen LogP contribution in [0.15, 0.2) is 121 Å². The maximum absolute atomic E-state index is 4.90. The standard InChI is InChI=1S/C20H19N5.C18H24N2.C4H9.ClH.Mg/c1-24(2)20(25-19-14-7-6-11-17(19)22-23-25)18-13-8-12-16(21-18)15-9-4-3-5-10-15;1-4-5-14-18(20(2)3)17-13-9-12-16(19-17)15-10-7-6-8-11-15;1-3-4-2;;/h3-14,20H,1-2H3;6-13,18H,4-5,14H2,1-3H3;1,3-4H2,2H3;1H;/q;;-1;;+2/p-1. The Morgan fingerprint density at radius 3 is 1.65 bits per heavy atom. The van der Waals surface area contributed by atoms with Crippen LogP contribution in [0.4, 0.5) is 0 Å². The molecule has 0 saturated carbocycles. The first-order valence-electron chi connectivity index (χ1n) is 17.3. The second-order valence-corrected chi connectivity index (χ2v) is 12.5. The van der Waals surface area contributed by atoms with Gasteiger partial charge in [0.15, 0.2) is 0 Å². The molecule has 3 aromatic heterocycles. The van der Waals surface area contributed by atoms with E-state index in [0.717, 1.165) is 46.5 Å². The summed E-state index contributed by atoms with van der Waals surface area (Å²) in [5.41, 5.74) is 8.28. The molecule has 0 saturated heterocycles. The van der Waals surface area contributed by atoms with Gasteiger partial charge in [0.1, 0.15) is 11.7 Å². The van der Waals surface area contributed by atoms with Crippen LogP contribution in [-0.2, 0) is 0 Å². The number of para-hydroxylation sites is 1. The van der Waals surface area contributed by atoms with Gasteiger partial charge in [-0.15, -0.1) is 5.10 Å². The summed E-state index contributed by atoms with van der Waals surface area (Å²) in [6, 6.07) is 41.4. The molecule has 2 unspecified atom stereocenters. The number of rotatable bonds is 11. The van der Waals surface area contributed by atoms with E-state index in [-0.39, 0.29) is 41.6 Å². The molecule has 3 heterocycles. The smallest absolute Gasteiger partial charge is 1.00 e. The molecule has 0 N–H and O–H groups in total. The molecule has 7 nitrogen and oxygen atoms in total. The summed E-state index contributed by atoms with van der Waals surface area (Å²) in [6.07, 6.45) is 5.77. The van der Waals surface area contributed by atoms with Gasteiger partial charge < -0.3 is 24.2 Å². The number of benzene rings is 3. The quantitative estimate of drug-likeness (QED) is 0.115. The average molecular weight is 715 g/mol. The van der Waals surface area contributed by atoms with Gasteiger partial charge in [0.2, 0.25) is 0 Å². The van der Waals surface area contributed by atoms with Crippen molar-refractivity contribution in [2.75, 3.05) is 28.2 Å². The van der Waals surface area contributed by atoms with Gasteiger partial charge in [-0.25, -0.2) is 9.67 Å². The zero-order chi connectivity index (χ0) is 35.0. The monoisotopic (exact) mass is 713 g/mol. The molecule has 6 rings (SSSR count). The first-order chi connectivity index (χ1) is 23.9. The number of hydrogen-bond acceptors (Lipinski definition) is 6. The third-order valence-electron chi connectivity index (χ3n) is 8.19. The SMILES string of the molecule is CCCCC(c1cccc(-c2ccccc2)n1)N(C)C.CN(C)C(c1cccc(-c2ccccc2)n1)n1nnc2ccccc21.[CH2-]CCC.[Cl-].[Mg+2]. The van der Waals surface area contributed by atoms with Gasteiger partial charge in [0.05, 0.1) is 34.3 Å². The fourth-order valence-electron chi connectivity index (χ4n) is 5.52. The van der Waals surface area contributed by atoms with Gasteiger partial charge >= 0.3 is 23.1 Å². The van der Waals surface area contributed by atoms with E-state index in [4.69, 9.17) is 9.97 Å². The maximum atomic E-state index is 4.90. The summed E-state index contributed by atoms with van der Waals surface area (Å²) in [7, 11) is 8.32. The van der Waals surface area contributed by atoms with E-state index in [2.05, 4.69) is 110 Å². The number of pyridine rings is 2. The molecule has 0 amide bonds. The third-order valence-corrected chi connectivity index (χ3v) is 8.19. The van der Waals surface area contributed by atoms with Crippen molar-refractivity contribution in [3.63, 3.8) is 0 Å². The van der Waals surface area contributed by atoms with Crippen molar-refractivity contribution in [1.29, 1.82) is 0 Å². The van der Waals surface area contributed by atoms with Crippen LogP contribution < -0.4 is 12.4 Å². The molecule has 6 aromatic rings. The van der Waals surface area contributed by atoms with E-state index in [9.17, 15) is 0 Å². The summed E-state index contributed by atoms with van der Waals surface area (Å²) in [5, 5.41) is 8.67. The zero-order valence-corrected chi connectivity index (χ0v) is 33.3. The van der Waals surface area contributed by atoms with Crippen molar-refractivity contribution in [3.05, 3.63) is 140 Å². The first kappa shape index (κ1) is 43.5. The van der Waals surface area contributed by atoms with E-state index in [1.165, 1.54) is 30.5 Å². The number of fused-ring (bicyclic) bond motifs is 1. The summed E-state index contributed by atoms with van der Waals surface area (Å²) in [5.74, 6) is 0. The van der Waals surface area contributed by atoms with E-state index >= 15 is 0 Å². The molecule has 264 valence electrons. The molecule has 0 fully saturated rings. The molecule has 2 atom stereocenters. The van der Waals surface area contributed by atoms with Gasteiger partial charge in [-0.3, -0.25) is 9.88 Å². The number of hydrogen-bond donors (Lipinski definition) is 0. The molecule has 3 aromatic carbocycles. The minimum absolute atomic E-state index is 0. The Bertz CT molecular complexity index is 1810. The number of nitrogens with zero attached hydrogens (tertiary/aromatic N) is 7. The molecular formula is C42H52ClMgN7. The topological polar surface area (TPSA) is 63.0 Å². The zero-order valence-electron chi connectivity index (χ0n) is 31.2. The molecule has 0 aliphatic carbocycles. The van der Waals surface area contributed by atoms with Crippen LogP contribution in [0.5, 0.6) is 0 Å². The van der Waals surface area contributed by atoms with Crippen LogP contribution in [0.3, 0.4) is 0 Å². The van der Waals surface area contributed by atoms with Gasteiger partial charge in [0.25, 0.3) is 0 Å². The van der Waals surface area contributed by atoms with E-state index in [1.54, 1.807) is 0 Å². The minimum atomic E-state index is -0.129. The number of unbranched alkanes of at least 4 members (excludes halogenated alkanes) is 2. The maximum Gasteiger partial charge on any atom is 2.00 e. The molecule has 51 heavy (non-hydrogen) atoms. The molecule has 0 aliphatic rings. The largest absolute Gasteiger partial charge is 2.00 e. The predicted molar refractivity (Wildman–Crippen MR) is 211 cm³/mol. The second-order valence-electron chi connectivity index (χ2n) is 12.5. The predicted octanol–water partition coefficient (Wildman–Crippen LogP) is 6.39. The Hall–Kier alpha value is -3.66. The van der Waals surface area contributed by atoms with Crippen LogP contribution in [0.1, 0.15) is 69.5 Å². The van der Waals surface area contributed by atoms with Crippen LogP contribution in [0, 0.1) is 6.92 Å². The van der Waals surface area contributed by atoms with Gasteiger partial charge in [0, 0.05) is 11.1 Å². The first-order valence-corrected chi connectivity index (χ1v) is 17.3. The molecule has 0 radical (unpaired) electrons. The Kier molecular flexibility index (Phi) is 19.6. The van der Waals surface area contributed by atoms with Crippen molar-refractivity contribution in [2.45, 2.75) is 58.2 Å². The Morgan fingerprint density at radius 1 is 0.627 bits per heavy atom. The normalized spacial score (nSPS) is 11.7. The van der Waals surface area contributed by atoms with Crippen LogP contribution >= 0.6 is 0 Å². The minimum Gasteiger partial charge on any atom is -1.00 e. The van der Waals surface area contributed by atoms with Crippen molar-refractivity contribution in [2.24, 2.45) is 0 Å². The number of halogens is 1. The van der Waals surface area contributed by atoms with Crippen molar-refractivity contribution in [3.8, 4) is 22.5 Å². The average Bonchev–Trinajstić information content (AvgIpc) is 3.56. The van der Waals surface area contributed by atoms with Crippen LogP contribution in [0.2, 0.25) is 0 Å². The molecular weight excluding hydrogens is 662 g/mol. The number of aromatic nitrogens is 5. The van der Waals surface area contributed by atoms with Crippen molar-refractivity contribution in [1.82, 2.24) is 34.8 Å². The fourth-order valence-corrected chi connectivity index (χ4v) is 5.52. The molecule has 0 bridgehead atoms. The van der Waals surface area contributed by atoms with Crippen LogP contribution in [0.25, 0.3) is 33.5 Å². The molecule has 0 aliphatic heterocycles. The van der Waals surface area contributed by atoms with Gasteiger partial charge in [-0.05, 0) is 71.0 Å². The van der Waals surface area contributed by atoms with Crippen LogP contribution in [-0.4, -0.2) is 86.0 Å². The van der Waals surface area contributed by atoms with Gasteiger partial charge in [-0.2, -0.15) is 6.42 Å². The summed E-state index contributed by atoms with van der Waals surface area (Å²) >= 11 is 0. The Morgan fingerprint density at radius 2 is 1.14 bits per heavy atom. The molecule has 0 spiro atoms. The van der Waals surface area contributed by atoms with E-state index in [1.807, 2.05) is 85.5 Å². The summed E-state index contributed by atoms with van der Waals surface area (Å²) < 4.78 is 1.92. The Balaban J connectivity index is 0.000000315. The van der Waals surface area contributed by atoms with Gasteiger partial charge in [-0.1, -0.05) is 123 Å². The Labute approximate surface area is 328 Å². The van der Waals surface area contributed by atoms with E-state index < -0.39 is 0 Å².